The van der Waals surface area contributed by atoms with Crippen molar-refractivity contribution in [3.63, 3.8) is 0 Å². The van der Waals surface area contributed by atoms with Gasteiger partial charge < -0.3 is 19.7 Å². The summed E-state index contributed by atoms with van der Waals surface area (Å²) in [6, 6.07) is 6.69. The summed E-state index contributed by atoms with van der Waals surface area (Å²) in [5.41, 5.74) is 1.28. The maximum Gasteiger partial charge on any atom is 0.180 e. The predicted molar refractivity (Wildman–Crippen MR) is 50.4 cm³/mol. The van der Waals surface area contributed by atoms with Crippen LogP contribution in [0.3, 0.4) is 0 Å². The van der Waals surface area contributed by atoms with Gasteiger partial charge in [0.15, 0.2) is 12.6 Å². The monoisotopic (exact) mass is 198 g/mol. The van der Waals surface area contributed by atoms with Crippen LogP contribution < -0.4 is 0 Å². The molecule has 0 saturated carbocycles. The molecular weight excluding hydrogens is 184 g/mol. The average molecular weight is 198 g/mol. The van der Waals surface area contributed by atoms with Gasteiger partial charge in [-0.3, -0.25) is 0 Å². The van der Waals surface area contributed by atoms with E-state index in [9.17, 15) is 10.2 Å². The van der Waals surface area contributed by atoms with Crippen molar-refractivity contribution >= 4 is 0 Å². The fourth-order valence-electron chi connectivity index (χ4n) is 1.10. The van der Waals surface area contributed by atoms with Gasteiger partial charge in [-0.2, -0.15) is 0 Å². The highest BCUT2D eigenvalue weighted by Gasteiger charge is 2.08. The van der Waals surface area contributed by atoms with Crippen LogP contribution in [0.15, 0.2) is 24.3 Å². The van der Waals surface area contributed by atoms with Crippen molar-refractivity contribution in [2.45, 2.75) is 12.6 Å². The van der Waals surface area contributed by atoms with Crippen molar-refractivity contribution in [2.24, 2.45) is 0 Å². The maximum absolute atomic E-state index is 9.30. The zero-order valence-corrected chi connectivity index (χ0v) is 8.18. The molecule has 0 amide bonds. The van der Waals surface area contributed by atoms with Gasteiger partial charge in [0.05, 0.1) is 0 Å². The van der Waals surface area contributed by atoms with Crippen LogP contribution in [0, 0.1) is 0 Å². The summed E-state index contributed by atoms with van der Waals surface area (Å²) < 4.78 is 9.45. The fourth-order valence-corrected chi connectivity index (χ4v) is 1.10. The highest BCUT2D eigenvalue weighted by atomic mass is 16.6. The van der Waals surface area contributed by atoms with Crippen molar-refractivity contribution in [3.05, 3.63) is 35.4 Å². The van der Waals surface area contributed by atoms with Crippen molar-refractivity contribution < 1.29 is 19.7 Å². The molecule has 0 saturated heterocycles. The number of hydrogen-bond donors (Lipinski definition) is 2. The van der Waals surface area contributed by atoms with E-state index >= 15 is 0 Å². The minimum absolute atomic E-state index is 0.638. The molecule has 0 aromatic heterocycles. The Labute approximate surface area is 82.7 Å². The summed E-state index contributed by atoms with van der Waals surface area (Å²) in [5.74, 6) is 0. The first-order chi connectivity index (χ1) is 6.69. The number of aliphatic hydroxyl groups is 2. The molecule has 0 aliphatic rings. The van der Waals surface area contributed by atoms with Crippen molar-refractivity contribution in [1.82, 2.24) is 0 Å². The molecular formula is C10H14O4. The highest BCUT2D eigenvalue weighted by Crippen LogP contribution is 2.18. The minimum atomic E-state index is -0.927. The largest absolute Gasteiger partial charge is 0.364 e. The minimum Gasteiger partial charge on any atom is -0.364 e. The van der Waals surface area contributed by atoms with Crippen LogP contribution in [0.5, 0.6) is 0 Å². The lowest BCUT2D eigenvalue weighted by Gasteiger charge is -2.11. The van der Waals surface area contributed by atoms with Gasteiger partial charge in [0.1, 0.15) is 0 Å². The molecule has 0 fully saturated rings. The molecule has 1 rings (SSSR count). The van der Waals surface area contributed by atoms with Crippen LogP contribution in [0.1, 0.15) is 23.7 Å². The number of aliphatic hydroxyl groups excluding tert-OH is 2. The SMILES string of the molecule is COC(O)c1ccc(C(O)OC)cc1. The van der Waals surface area contributed by atoms with Gasteiger partial charge in [-0.15, -0.1) is 0 Å². The lowest BCUT2D eigenvalue weighted by Crippen LogP contribution is -2.02. The average Bonchev–Trinajstić information content (AvgIpc) is 2.27. The molecule has 0 bridgehead atoms. The molecule has 2 atom stereocenters. The van der Waals surface area contributed by atoms with Crippen LogP contribution >= 0.6 is 0 Å². The molecule has 2 unspecified atom stereocenters. The van der Waals surface area contributed by atoms with E-state index in [1.165, 1.54) is 14.2 Å². The van der Waals surface area contributed by atoms with Crippen LogP contribution in [-0.2, 0) is 9.47 Å². The Bertz CT molecular complexity index is 241. The van der Waals surface area contributed by atoms with Crippen molar-refractivity contribution in [1.29, 1.82) is 0 Å². The van der Waals surface area contributed by atoms with Crippen LogP contribution in [0.2, 0.25) is 0 Å². The number of ether oxygens (including phenoxy) is 2. The topological polar surface area (TPSA) is 58.9 Å². The van der Waals surface area contributed by atoms with Crippen molar-refractivity contribution in [2.75, 3.05) is 14.2 Å². The molecule has 0 aliphatic heterocycles. The first-order valence-corrected chi connectivity index (χ1v) is 4.20. The second kappa shape index (κ2) is 5.07. The first-order valence-electron chi connectivity index (χ1n) is 4.20. The van der Waals surface area contributed by atoms with Crippen LogP contribution in [0.25, 0.3) is 0 Å². The van der Waals surface area contributed by atoms with Gasteiger partial charge >= 0.3 is 0 Å². The molecule has 2 N–H and O–H groups in total. The number of hydrogen-bond acceptors (Lipinski definition) is 4. The maximum atomic E-state index is 9.30. The summed E-state index contributed by atoms with van der Waals surface area (Å²) >= 11 is 0. The van der Waals surface area contributed by atoms with Gasteiger partial charge in [0, 0.05) is 25.3 Å². The van der Waals surface area contributed by atoms with Gasteiger partial charge in [0.2, 0.25) is 0 Å². The Morgan fingerprint density at radius 1 is 0.857 bits per heavy atom. The first kappa shape index (κ1) is 11.1. The molecule has 4 heteroatoms. The molecule has 1 aromatic rings. The third-order valence-corrected chi connectivity index (χ3v) is 1.95. The summed E-state index contributed by atoms with van der Waals surface area (Å²) in [5, 5.41) is 18.6. The van der Waals surface area contributed by atoms with Crippen LogP contribution in [0.4, 0.5) is 0 Å². The molecule has 4 nitrogen and oxygen atoms in total. The Kier molecular flexibility index (Phi) is 4.03. The van der Waals surface area contributed by atoms with E-state index < -0.39 is 12.6 Å². The third kappa shape index (κ3) is 2.52. The summed E-state index contributed by atoms with van der Waals surface area (Å²) in [7, 11) is 2.84. The molecule has 0 radical (unpaired) electrons. The van der Waals surface area contributed by atoms with Gasteiger partial charge in [-0.05, 0) is 0 Å². The molecule has 78 valence electrons. The molecule has 0 heterocycles. The number of benzene rings is 1. The smallest absolute Gasteiger partial charge is 0.180 e. The normalized spacial score (nSPS) is 15.1. The molecule has 0 spiro atoms. The van der Waals surface area contributed by atoms with Gasteiger partial charge in [0.25, 0.3) is 0 Å². The van der Waals surface area contributed by atoms with E-state index in [1.54, 1.807) is 24.3 Å². The second-order valence-corrected chi connectivity index (χ2v) is 2.84. The molecule has 1 aromatic carbocycles. The van der Waals surface area contributed by atoms with E-state index in [-0.39, 0.29) is 0 Å². The lowest BCUT2D eigenvalue weighted by atomic mass is 10.1. The zero-order valence-electron chi connectivity index (χ0n) is 8.18. The quantitative estimate of drug-likeness (QED) is 0.707. The van der Waals surface area contributed by atoms with Crippen LogP contribution in [-0.4, -0.2) is 24.4 Å². The zero-order chi connectivity index (χ0) is 10.6. The second-order valence-electron chi connectivity index (χ2n) is 2.84. The van der Waals surface area contributed by atoms with Gasteiger partial charge in [-0.1, -0.05) is 24.3 Å². The Morgan fingerprint density at radius 3 is 1.36 bits per heavy atom. The standard InChI is InChI=1S/C10H14O4/c1-13-9(11)7-3-5-8(6-4-7)10(12)14-2/h3-6,9-12H,1-2H3. The predicted octanol–water partition coefficient (Wildman–Crippen LogP) is 0.961. The number of methoxy groups -OCH3 is 2. The van der Waals surface area contributed by atoms with E-state index in [2.05, 4.69) is 0 Å². The summed E-state index contributed by atoms with van der Waals surface area (Å²) in [6.07, 6.45) is -1.85. The van der Waals surface area contributed by atoms with Gasteiger partial charge in [-0.25, -0.2) is 0 Å². The summed E-state index contributed by atoms with van der Waals surface area (Å²) in [4.78, 5) is 0. The van der Waals surface area contributed by atoms with E-state index in [0.717, 1.165) is 0 Å². The molecule has 0 aliphatic carbocycles. The Balaban J connectivity index is 2.78. The number of rotatable bonds is 4. The Morgan fingerprint density at radius 2 is 1.14 bits per heavy atom. The van der Waals surface area contributed by atoms with E-state index in [1.807, 2.05) is 0 Å². The summed E-state index contributed by atoms with van der Waals surface area (Å²) in [6.45, 7) is 0. The van der Waals surface area contributed by atoms with E-state index in [0.29, 0.717) is 11.1 Å². The van der Waals surface area contributed by atoms with Crippen molar-refractivity contribution in [3.8, 4) is 0 Å². The molecule has 14 heavy (non-hydrogen) atoms. The highest BCUT2D eigenvalue weighted by molar-refractivity contribution is 5.23. The van der Waals surface area contributed by atoms with E-state index in [4.69, 9.17) is 9.47 Å². The fraction of sp³-hybridized carbons (Fsp3) is 0.400. The third-order valence-electron chi connectivity index (χ3n) is 1.95. The Hall–Kier alpha value is -0.940. The lowest BCUT2D eigenvalue weighted by molar-refractivity contribution is -0.0796.